The lowest BCUT2D eigenvalue weighted by atomic mass is 9.89. The van der Waals surface area contributed by atoms with Gasteiger partial charge in [0.25, 0.3) is 0 Å². The predicted octanol–water partition coefficient (Wildman–Crippen LogP) is 2.04. The fourth-order valence-electron chi connectivity index (χ4n) is 1.06. The molecule has 0 saturated carbocycles. The third kappa shape index (κ3) is 2.55. The van der Waals surface area contributed by atoms with Crippen LogP contribution in [0.15, 0.2) is 5.16 Å². The zero-order chi connectivity index (χ0) is 10.3. The van der Waals surface area contributed by atoms with E-state index in [1.54, 1.807) is 0 Å². The van der Waals surface area contributed by atoms with Crippen molar-refractivity contribution in [3.05, 3.63) is 0 Å². The van der Waals surface area contributed by atoms with Crippen molar-refractivity contribution in [1.82, 2.24) is 0 Å². The summed E-state index contributed by atoms with van der Waals surface area (Å²) in [5, 5.41) is 3.84. The zero-order valence-electron chi connectivity index (χ0n) is 8.44. The molecule has 0 aromatic rings. The molecule has 5 heteroatoms. The van der Waals surface area contributed by atoms with Crippen molar-refractivity contribution in [3.63, 3.8) is 0 Å². The van der Waals surface area contributed by atoms with Crippen LogP contribution in [-0.2, 0) is 9.40 Å². The van der Waals surface area contributed by atoms with E-state index >= 15 is 0 Å². The van der Waals surface area contributed by atoms with Crippen molar-refractivity contribution < 1.29 is 14.3 Å². The zero-order valence-corrected chi connectivity index (χ0v) is 9.34. The molecule has 4 nitrogen and oxygen atoms in total. The molecule has 0 radical (unpaired) electrons. The minimum atomic E-state index is -3.16. The highest BCUT2D eigenvalue weighted by Gasteiger charge is 2.37. The van der Waals surface area contributed by atoms with E-state index in [1.807, 2.05) is 20.8 Å². The maximum absolute atomic E-state index is 11.2. The number of nitrogens with zero attached hydrogens (tertiary/aromatic N) is 1. The molecule has 2 atom stereocenters. The molecule has 0 fully saturated rings. The van der Waals surface area contributed by atoms with Gasteiger partial charge in [-0.3, -0.25) is 4.57 Å². The van der Waals surface area contributed by atoms with Crippen molar-refractivity contribution in [1.29, 1.82) is 0 Å². The van der Waals surface area contributed by atoms with Crippen LogP contribution in [0.3, 0.4) is 0 Å². The summed E-state index contributed by atoms with van der Waals surface area (Å²) in [4.78, 5) is 14.2. The maximum Gasteiger partial charge on any atom is 0.240 e. The van der Waals surface area contributed by atoms with Crippen molar-refractivity contribution in [2.45, 2.75) is 33.0 Å². The first-order chi connectivity index (χ1) is 5.71. The molecule has 0 saturated heterocycles. The van der Waals surface area contributed by atoms with E-state index in [1.165, 1.54) is 6.66 Å². The first-order valence-corrected chi connectivity index (χ1v) is 6.42. The second-order valence-corrected chi connectivity index (χ2v) is 6.96. The van der Waals surface area contributed by atoms with Crippen LogP contribution in [0.2, 0.25) is 0 Å². The van der Waals surface area contributed by atoms with Crippen LogP contribution in [0.4, 0.5) is 0 Å². The van der Waals surface area contributed by atoms with E-state index in [4.69, 9.17) is 4.84 Å². The average Bonchev–Trinajstić information content (AvgIpc) is 2.28. The molecule has 0 spiro atoms. The minimum absolute atomic E-state index is 0.0794. The minimum Gasteiger partial charge on any atom is -0.382 e. The molecule has 0 amide bonds. The summed E-state index contributed by atoms with van der Waals surface area (Å²) in [6, 6.07) is 0. The molecular formula is C8H16NO3P. The van der Waals surface area contributed by atoms with Crippen LogP contribution in [-0.4, -0.2) is 23.1 Å². The molecule has 0 aromatic carbocycles. The molecule has 1 N–H and O–H groups in total. The van der Waals surface area contributed by atoms with E-state index in [0.717, 1.165) is 5.71 Å². The van der Waals surface area contributed by atoms with E-state index in [0.29, 0.717) is 6.42 Å². The maximum atomic E-state index is 11.2. The molecule has 0 aliphatic carbocycles. The van der Waals surface area contributed by atoms with Crippen LogP contribution in [0.1, 0.15) is 27.2 Å². The summed E-state index contributed by atoms with van der Waals surface area (Å²) in [5.41, 5.74) is 0.776. The normalized spacial score (nSPS) is 27.8. The van der Waals surface area contributed by atoms with Gasteiger partial charge in [-0.2, -0.15) is 0 Å². The van der Waals surface area contributed by atoms with E-state index in [9.17, 15) is 9.46 Å². The Morgan fingerprint density at radius 1 is 1.62 bits per heavy atom. The van der Waals surface area contributed by atoms with Gasteiger partial charge in [0.1, 0.15) is 0 Å². The molecule has 1 rings (SSSR count). The summed E-state index contributed by atoms with van der Waals surface area (Å²) >= 11 is 0. The highest BCUT2D eigenvalue weighted by Crippen LogP contribution is 2.47. The van der Waals surface area contributed by atoms with Gasteiger partial charge in [-0.05, 0) is 0 Å². The van der Waals surface area contributed by atoms with E-state index < -0.39 is 13.2 Å². The van der Waals surface area contributed by atoms with Gasteiger partial charge < -0.3 is 9.73 Å². The predicted molar refractivity (Wildman–Crippen MR) is 52.1 cm³/mol. The van der Waals surface area contributed by atoms with Crippen molar-refractivity contribution in [2.75, 3.05) is 6.66 Å². The van der Waals surface area contributed by atoms with Gasteiger partial charge in [0.05, 0.1) is 5.71 Å². The second-order valence-electron chi connectivity index (χ2n) is 4.50. The molecule has 0 bridgehead atoms. The summed E-state index contributed by atoms with van der Waals surface area (Å²) in [6.07, 6.45) is 0.466. The number of rotatable bonds is 1. The van der Waals surface area contributed by atoms with Gasteiger partial charge in [0.2, 0.25) is 13.2 Å². The molecule has 0 aromatic heterocycles. The molecule has 1 aliphatic rings. The summed E-state index contributed by atoms with van der Waals surface area (Å²) in [6.45, 7) is 7.33. The van der Waals surface area contributed by atoms with Crippen LogP contribution < -0.4 is 0 Å². The monoisotopic (exact) mass is 205 g/mol. The third-order valence-electron chi connectivity index (χ3n) is 2.05. The van der Waals surface area contributed by atoms with Crippen LogP contribution in [0.25, 0.3) is 0 Å². The Bertz CT molecular complexity index is 274. The number of hydrogen-bond acceptors (Lipinski definition) is 3. The summed E-state index contributed by atoms with van der Waals surface area (Å²) in [7, 11) is -3.16. The Morgan fingerprint density at radius 3 is 2.38 bits per heavy atom. The Kier molecular flexibility index (Phi) is 2.56. The van der Waals surface area contributed by atoms with Gasteiger partial charge in [-0.25, -0.2) is 0 Å². The molecule has 1 aliphatic heterocycles. The van der Waals surface area contributed by atoms with E-state index in [-0.39, 0.29) is 5.41 Å². The Hall–Kier alpha value is -0.340. The Balaban J connectivity index is 2.68. The van der Waals surface area contributed by atoms with Crippen LogP contribution >= 0.6 is 7.37 Å². The highest BCUT2D eigenvalue weighted by molar-refractivity contribution is 7.57. The van der Waals surface area contributed by atoms with Crippen molar-refractivity contribution in [2.24, 2.45) is 10.6 Å². The lowest BCUT2D eigenvalue weighted by Crippen LogP contribution is -2.20. The highest BCUT2D eigenvalue weighted by atomic mass is 31.2. The number of oxime groups is 1. The fraction of sp³-hybridized carbons (Fsp3) is 0.875. The fourth-order valence-corrected chi connectivity index (χ4v) is 1.80. The molecule has 1 heterocycles. The van der Waals surface area contributed by atoms with Gasteiger partial charge in [0, 0.05) is 18.5 Å². The average molecular weight is 205 g/mol. The lowest BCUT2D eigenvalue weighted by molar-refractivity contribution is 0.131. The number of hydrogen-bond donors (Lipinski definition) is 1. The first-order valence-electron chi connectivity index (χ1n) is 4.24. The SMILES string of the molecule is CC(C)(C)C1=NOC(P(C)(=O)O)C1. The van der Waals surface area contributed by atoms with Gasteiger partial charge >= 0.3 is 0 Å². The summed E-state index contributed by atoms with van der Waals surface area (Å²) in [5.74, 6) is -0.637. The summed E-state index contributed by atoms with van der Waals surface area (Å²) < 4.78 is 11.2. The van der Waals surface area contributed by atoms with Gasteiger partial charge in [-0.15, -0.1) is 0 Å². The Labute approximate surface area is 78.4 Å². The smallest absolute Gasteiger partial charge is 0.240 e. The molecule has 2 unspecified atom stereocenters. The van der Waals surface area contributed by atoms with Gasteiger partial charge in [0.15, 0.2) is 0 Å². The van der Waals surface area contributed by atoms with E-state index in [2.05, 4.69) is 5.16 Å². The largest absolute Gasteiger partial charge is 0.382 e. The molecular weight excluding hydrogens is 189 g/mol. The van der Waals surface area contributed by atoms with Gasteiger partial charge in [-0.1, -0.05) is 25.9 Å². The topological polar surface area (TPSA) is 58.9 Å². The molecule has 76 valence electrons. The first kappa shape index (κ1) is 10.7. The Morgan fingerprint density at radius 2 is 2.15 bits per heavy atom. The van der Waals surface area contributed by atoms with Crippen molar-refractivity contribution in [3.8, 4) is 0 Å². The molecule has 13 heavy (non-hydrogen) atoms. The second kappa shape index (κ2) is 3.10. The standard InChI is InChI=1S/C8H16NO3P/c1-8(2,3)6-5-7(12-9-6)13(4,10)11/h7H,5H2,1-4H3,(H,10,11). The van der Waals surface area contributed by atoms with Crippen LogP contribution in [0, 0.1) is 5.41 Å². The third-order valence-corrected chi connectivity index (χ3v) is 3.40. The quantitative estimate of drug-likeness (QED) is 0.666. The van der Waals surface area contributed by atoms with Crippen LogP contribution in [0.5, 0.6) is 0 Å². The van der Waals surface area contributed by atoms with Crippen molar-refractivity contribution >= 4 is 13.1 Å². The lowest BCUT2D eigenvalue weighted by Gasteiger charge is -2.17.